The second-order valence-electron chi connectivity index (χ2n) is 2.79. The van der Waals surface area contributed by atoms with Gasteiger partial charge in [-0.3, -0.25) is 4.79 Å². The second kappa shape index (κ2) is 4.91. The molecule has 0 unspecified atom stereocenters. The van der Waals surface area contributed by atoms with E-state index in [0.29, 0.717) is 5.56 Å². The summed E-state index contributed by atoms with van der Waals surface area (Å²) < 4.78 is 5.62. The van der Waals surface area contributed by atoms with Gasteiger partial charge < -0.3 is 4.74 Å². The molecule has 0 atom stereocenters. The molecular weight excluding hydrogens is 248 g/mol. The third kappa shape index (κ3) is 3.30. The van der Waals surface area contributed by atoms with Crippen molar-refractivity contribution in [1.82, 2.24) is 0 Å². The summed E-state index contributed by atoms with van der Waals surface area (Å²) >= 11 is 3.25. The van der Waals surface area contributed by atoms with Gasteiger partial charge in [0.2, 0.25) is 0 Å². The number of rotatable bonds is 3. The first-order valence-electron chi connectivity index (χ1n) is 4.01. The van der Waals surface area contributed by atoms with Crippen LogP contribution in [0.15, 0.2) is 28.7 Å². The molecular formula is C10H9BrO3. The summed E-state index contributed by atoms with van der Waals surface area (Å²) in [5.41, 5.74) is 0.439. The number of Topliss-reactive ketones (excluding diaryl/α,β-unsaturated/α-hetero) is 1. The van der Waals surface area contributed by atoms with Gasteiger partial charge in [-0.25, -0.2) is 4.79 Å². The Morgan fingerprint density at radius 3 is 2.36 bits per heavy atom. The quantitative estimate of drug-likeness (QED) is 0.779. The van der Waals surface area contributed by atoms with Crippen molar-refractivity contribution in [3.8, 4) is 0 Å². The number of esters is 1. The molecule has 0 aliphatic carbocycles. The van der Waals surface area contributed by atoms with E-state index in [4.69, 9.17) is 4.74 Å². The lowest BCUT2D eigenvalue weighted by Crippen LogP contribution is -2.11. The zero-order chi connectivity index (χ0) is 10.6. The van der Waals surface area contributed by atoms with Gasteiger partial charge in [0.05, 0.1) is 5.56 Å². The zero-order valence-corrected chi connectivity index (χ0v) is 9.21. The van der Waals surface area contributed by atoms with Crippen LogP contribution < -0.4 is 0 Å². The van der Waals surface area contributed by atoms with Crippen molar-refractivity contribution in [3.05, 3.63) is 34.3 Å². The van der Waals surface area contributed by atoms with E-state index in [1.54, 1.807) is 24.3 Å². The minimum atomic E-state index is -0.479. The second-order valence-corrected chi connectivity index (χ2v) is 3.70. The minimum absolute atomic E-state index is 0.171. The van der Waals surface area contributed by atoms with Crippen LogP contribution in [0.4, 0.5) is 0 Å². The Balaban J connectivity index is 2.61. The predicted octanol–water partition coefficient (Wildman–Crippen LogP) is 2.19. The molecule has 0 spiro atoms. The summed E-state index contributed by atoms with van der Waals surface area (Å²) in [6.07, 6.45) is 0. The average molecular weight is 257 g/mol. The standard InChI is InChI=1S/C10H9BrO3/c1-7(12)6-14-10(13)8-2-4-9(11)5-3-8/h2-5H,6H2,1H3. The Morgan fingerprint density at radius 1 is 1.29 bits per heavy atom. The highest BCUT2D eigenvalue weighted by molar-refractivity contribution is 9.10. The summed E-state index contributed by atoms with van der Waals surface area (Å²) in [4.78, 5) is 21.8. The van der Waals surface area contributed by atoms with Crippen LogP contribution in [-0.2, 0) is 9.53 Å². The maximum Gasteiger partial charge on any atom is 0.338 e. The Kier molecular flexibility index (Phi) is 3.83. The number of halogens is 1. The Bertz CT molecular complexity index is 343. The van der Waals surface area contributed by atoms with Gasteiger partial charge in [0, 0.05) is 4.47 Å². The molecule has 0 N–H and O–H groups in total. The molecule has 0 saturated heterocycles. The summed E-state index contributed by atoms with van der Waals surface area (Å²) in [6, 6.07) is 6.74. The molecule has 0 aliphatic heterocycles. The monoisotopic (exact) mass is 256 g/mol. The zero-order valence-electron chi connectivity index (χ0n) is 7.62. The summed E-state index contributed by atoms with van der Waals surface area (Å²) in [6.45, 7) is 1.20. The van der Waals surface area contributed by atoms with Gasteiger partial charge in [0.1, 0.15) is 6.61 Å². The molecule has 0 radical (unpaired) electrons. The molecule has 0 heterocycles. The SMILES string of the molecule is CC(=O)COC(=O)c1ccc(Br)cc1. The molecule has 0 aromatic heterocycles. The first kappa shape index (κ1) is 10.9. The van der Waals surface area contributed by atoms with Crippen molar-refractivity contribution in [2.24, 2.45) is 0 Å². The van der Waals surface area contributed by atoms with Gasteiger partial charge in [0.15, 0.2) is 5.78 Å². The van der Waals surface area contributed by atoms with Gasteiger partial charge in [-0.1, -0.05) is 15.9 Å². The molecule has 0 saturated carbocycles. The maximum absolute atomic E-state index is 11.3. The smallest absolute Gasteiger partial charge is 0.338 e. The molecule has 74 valence electrons. The van der Waals surface area contributed by atoms with E-state index in [-0.39, 0.29) is 12.4 Å². The van der Waals surface area contributed by atoms with E-state index in [2.05, 4.69) is 15.9 Å². The lowest BCUT2D eigenvalue weighted by atomic mass is 10.2. The fraction of sp³-hybridized carbons (Fsp3) is 0.200. The first-order valence-corrected chi connectivity index (χ1v) is 4.81. The largest absolute Gasteiger partial charge is 0.454 e. The highest BCUT2D eigenvalue weighted by Crippen LogP contribution is 2.11. The average Bonchev–Trinajstić information content (AvgIpc) is 2.15. The number of carbonyl (C=O) groups excluding carboxylic acids is 2. The number of benzene rings is 1. The van der Waals surface area contributed by atoms with Gasteiger partial charge in [-0.15, -0.1) is 0 Å². The topological polar surface area (TPSA) is 43.4 Å². The minimum Gasteiger partial charge on any atom is -0.454 e. The molecule has 0 bridgehead atoms. The van der Waals surface area contributed by atoms with E-state index >= 15 is 0 Å². The number of ketones is 1. The molecule has 1 aromatic rings. The third-order valence-electron chi connectivity index (χ3n) is 1.49. The van der Waals surface area contributed by atoms with Crippen LogP contribution in [0.25, 0.3) is 0 Å². The van der Waals surface area contributed by atoms with E-state index in [9.17, 15) is 9.59 Å². The van der Waals surface area contributed by atoms with Crippen molar-refractivity contribution in [2.45, 2.75) is 6.92 Å². The third-order valence-corrected chi connectivity index (χ3v) is 2.02. The van der Waals surface area contributed by atoms with Gasteiger partial charge in [-0.05, 0) is 31.2 Å². The maximum atomic E-state index is 11.3. The predicted molar refractivity (Wildman–Crippen MR) is 55.1 cm³/mol. The number of hydrogen-bond acceptors (Lipinski definition) is 3. The van der Waals surface area contributed by atoms with Crippen LogP contribution in [0.2, 0.25) is 0 Å². The van der Waals surface area contributed by atoms with Crippen LogP contribution in [0.5, 0.6) is 0 Å². The van der Waals surface area contributed by atoms with Crippen molar-refractivity contribution in [3.63, 3.8) is 0 Å². The molecule has 0 aliphatic rings. The Morgan fingerprint density at radius 2 is 1.86 bits per heavy atom. The van der Waals surface area contributed by atoms with Crippen molar-refractivity contribution >= 4 is 27.7 Å². The Hall–Kier alpha value is -1.16. The highest BCUT2D eigenvalue weighted by Gasteiger charge is 2.07. The number of ether oxygens (including phenoxy) is 1. The Labute approximate surface area is 90.2 Å². The summed E-state index contributed by atoms with van der Waals surface area (Å²) in [7, 11) is 0. The van der Waals surface area contributed by atoms with Crippen LogP contribution in [0.1, 0.15) is 17.3 Å². The van der Waals surface area contributed by atoms with Crippen LogP contribution >= 0.6 is 15.9 Å². The molecule has 4 heteroatoms. The lowest BCUT2D eigenvalue weighted by Gasteiger charge is -2.01. The number of hydrogen-bond donors (Lipinski definition) is 0. The van der Waals surface area contributed by atoms with E-state index in [0.717, 1.165) is 4.47 Å². The van der Waals surface area contributed by atoms with E-state index in [1.807, 2.05) is 0 Å². The normalized spacial score (nSPS) is 9.57. The molecule has 1 rings (SSSR count). The van der Waals surface area contributed by atoms with Crippen molar-refractivity contribution < 1.29 is 14.3 Å². The summed E-state index contributed by atoms with van der Waals surface area (Å²) in [5, 5.41) is 0. The van der Waals surface area contributed by atoms with Crippen molar-refractivity contribution in [2.75, 3.05) is 6.61 Å². The van der Waals surface area contributed by atoms with Gasteiger partial charge in [0.25, 0.3) is 0 Å². The van der Waals surface area contributed by atoms with Crippen LogP contribution in [-0.4, -0.2) is 18.4 Å². The van der Waals surface area contributed by atoms with E-state index in [1.165, 1.54) is 6.92 Å². The highest BCUT2D eigenvalue weighted by atomic mass is 79.9. The molecule has 0 amide bonds. The van der Waals surface area contributed by atoms with Gasteiger partial charge >= 0.3 is 5.97 Å². The van der Waals surface area contributed by atoms with Crippen LogP contribution in [0.3, 0.4) is 0 Å². The summed E-state index contributed by atoms with van der Waals surface area (Å²) in [5.74, 6) is -0.650. The number of carbonyl (C=O) groups is 2. The molecule has 14 heavy (non-hydrogen) atoms. The first-order chi connectivity index (χ1) is 6.59. The molecule has 0 fully saturated rings. The van der Waals surface area contributed by atoms with E-state index < -0.39 is 5.97 Å². The van der Waals surface area contributed by atoms with Crippen molar-refractivity contribution in [1.29, 1.82) is 0 Å². The fourth-order valence-electron chi connectivity index (χ4n) is 0.836. The van der Waals surface area contributed by atoms with Gasteiger partial charge in [-0.2, -0.15) is 0 Å². The lowest BCUT2D eigenvalue weighted by molar-refractivity contribution is -0.120. The fourth-order valence-corrected chi connectivity index (χ4v) is 1.10. The van der Waals surface area contributed by atoms with Crippen LogP contribution in [0, 0.1) is 0 Å². The molecule has 3 nitrogen and oxygen atoms in total. The molecule has 1 aromatic carbocycles.